The van der Waals surface area contributed by atoms with E-state index < -0.39 is 41.8 Å². The standard InChI is InChI=1S/C16H15F4N3O4/c1-7-11(8(2)23-22-7)12(14(25)26)21-13(24)9-5-3-4-6-10(9)27-16(19,20)15(17)18/h3-6,12,15H,1-2H3,(H,21,24)(H,22,23)(H,25,26)/t12-/m0/s1. The first-order chi connectivity index (χ1) is 12.5. The van der Waals surface area contributed by atoms with Gasteiger partial charge in [-0.25, -0.2) is 4.79 Å². The quantitative estimate of drug-likeness (QED) is 0.632. The highest BCUT2D eigenvalue weighted by atomic mass is 19.3. The van der Waals surface area contributed by atoms with Crippen molar-refractivity contribution in [2.75, 3.05) is 0 Å². The molecular weight excluding hydrogens is 374 g/mol. The van der Waals surface area contributed by atoms with E-state index in [4.69, 9.17) is 0 Å². The third-order valence-corrected chi connectivity index (χ3v) is 3.63. The Morgan fingerprint density at radius 2 is 1.89 bits per heavy atom. The summed E-state index contributed by atoms with van der Waals surface area (Å²) < 4.78 is 55.1. The lowest BCUT2D eigenvalue weighted by Gasteiger charge is -2.20. The van der Waals surface area contributed by atoms with E-state index in [0.717, 1.165) is 12.1 Å². The molecule has 146 valence electrons. The number of aromatic amines is 1. The van der Waals surface area contributed by atoms with E-state index in [9.17, 15) is 32.3 Å². The molecule has 0 saturated heterocycles. The van der Waals surface area contributed by atoms with Crippen LogP contribution < -0.4 is 10.1 Å². The van der Waals surface area contributed by atoms with Gasteiger partial charge in [-0.1, -0.05) is 12.1 Å². The van der Waals surface area contributed by atoms with Gasteiger partial charge in [-0.2, -0.15) is 22.7 Å². The highest BCUT2D eigenvalue weighted by molar-refractivity contribution is 5.99. The number of hydrogen-bond donors (Lipinski definition) is 3. The second-order valence-corrected chi connectivity index (χ2v) is 5.55. The van der Waals surface area contributed by atoms with E-state index in [1.54, 1.807) is 0 Å². The molecule has 7 nitrogen and oxygen atoms in total. The number of nitrogens with one attached hydrogen (secondary N) is 2. The molecule has 1 atom stereocenters. The fourth-order valence-electron chi connectivity index (χ4n) is 2.39. The van der Waals surface area contributed by atoms with Crippen LogP contribution in [0.4, 0.5) is 17.6 Å². The zero-order chi connectivity index (χ0) is 20.4. The zero-order valence-corrected chi connectivity index (χ0v) is 14.1. The molecule has 0 saturated carbocycles. The molecule has 2 aromatic rings. The number of benzene rings is 1. The molecule has 1 amide bonds. The third kappa shape index (κ3) is 4.36. The van der Waals surface area contributed by atoms with E-state index in [0.29, 0.717) is 11.4 Å². The van der Waals surface area contributed by atoms with Crippen molar-refractivity contribution in [3.05, 3.63) is 46.8 Å². The second kappa shape index (κ2) is 7.64. The number of rotatable bonds is 7. The van der Waals surface area contributed by atoms with E-state index in [2.05, 4.69) is 20.3 Å². The monoisotopic (exact) mass is 389 g/mol. The Morgan fingerprint density at radius 3 is 2.41 bits per heavy atom. The molecule has 2 rings (SSSR count). The first-order valence-corrected chi connectivity index (χ1v) is 7.53. The summed E-state index contributed by atoms with van der Waals surface area (Å²) in [5.41, 5.74) is 0.359. The average Bonchev–Trinajstić information content (AvgIpc) is 2.91. The van der Waals surface area contributed by atoms with Crippen LogP contribution >= 0.6 is 0 Å². The van der Waals surface area contributed by atoms with E-state index >= 15 is 0 Å². The van der Waals surface area contributed by atoms with Crippen LogP contribution in [0, 0.1) is 13.8 Å². The van der Waals surface area contributed by atoms with Gasteiger partial charge in [0, 0.05) is 11.3 Å². The van der Waals surface area contributed by atoms with E-state index in [1.807, 2.05) is 0 Å². The van der Waals surface area contributed by atoms with Gasteiger partial charge in [-0.3, -0.25) is 9.89 Å². The number of aliphatic carboxylic acids is 1. The number of nitrogens with zero attached hydrogens (tertiary/aromatic N) is 1. The topological polar surface area (TPSA) is 104 Å². The second-order valence-electron chi connectivity index (χ2n) is 5.55. The number of amides is 1. The van der Waals surface area contributed by atoms with E-state index in [1.165, 1.54) is 26.0 Å². The number of alkyl halides is 4. The number of ether oxygens (including phenoxy) is 1. The van der Waals surface area contributed by atoms with Crippen LogP contribution in [0.2, 0.25) is 0 Å². The van der Waals surface area contributed by atoms with Gasteiger partial charge in [-0.05, 0) is 26.0 Å². The molecule has 0 aliphatic rings. The van der Waals surface area contributed by atoms with Crippen molar-refractivity contribution < 1.29 is 37.0 Å². The van der Waals surface area contributed by atoms with Crippen molar-refractivity contribution in [1.29, 1.82) is 0 Å². The van der Waals surface area contributed by atoms with Crippen LogP contribution in [-0.4, -0.2) is 39.7 Å². The highest BCUT2D eigenvalue weighted by Crippen LogP contribution is 2.30. The molecule has 0 radical (unpaired) electrons. The number of aromatic nitrogens is 2. The predicted octanol–water partition coefficient (Wildman–Crippen LogP) is 2.82. The molecule has 3 N–H and O–H groups in total. The maximum atomic E-state index is 13.2. The van der Waals surface area contributed by atoms with Gasteiger partial charge in [0.15, 0.2) is 6.04 Å². The van der Waals surface area contributed by atoms with Crippen LogP contribution in [0.15, 0.2) is 24.3 Å². The molecule has 11 heteroatoms. The molecule has 27 heavy (non-hydrogen) atoms. The zero-order valence-electron chi connectivity index (χ0n) is 14.1. The first kappa shape index (κ1) is 20.2. The number of halogens is 4. The van der Waals surface area contributed by atoms with Crippen LogP contribution in [-0.2, 0) is 4.79 Å². The summed E-state index contributed by atoms with van der Waals surface area (Å²) in [5.74, 6) is -3.33. The lowest BCUT2D eigenvalue weighted by molar-refractivity contribution is -0.253. The molecule has 0 aliphatic carbocycles. The van der Waals surface area contributed by atoms with Crippen LogP contribution in [0.1, 0.15) is 33.4 Å². The molecule has 0 bridgehead atoms. The SMILES string of the molecule is Cc1n[nH]c(C)c1[C@H](NC(=O)c1ccccc1OC(F)(F)C(F)F)C(=O)O. The fourth-order valence-corrected chi connectivity index (χ4v) is 2.39. The van der Waals surface area contributed by atoms with Crippen LogP contribution in [0.25, 0.3) is 0 Å². The molecule has 1 aromatic heterocycles. The highest BCUT2D eigenvalue weighted by Gasteiger charge is 2.44. The van der Waals surface area contributed by atoms with Gasteiger partial charge < -0.3 is 15.2 Å². The Labute approximate surface area is 150 Å². The molecular formula is C16H15F4N3O4. The van der Waals surface area contributed by atoms with Crippen molar-refractivity contribution in [1.82, 2.24) is 15.5 Å². The normalized spacial score (nSPS) is 12.7. The number of carbonyl (C=O) groups is 2. The Balaban J connectivity index is 2.34. The number of carboxylic acids is 1. The predicted molar refractivity (Wildman–Crippen MR) is 83.9 cm³/mol. The first-order valence-electron chi connectivity index (χ1n) is 7.53. The summed E-state index contributed by atoms with van der Waals surface area (Å²) in [5, 5.41) is 18.0. The Morgan fingerprint density at radius 1 is 1.26 bits per heavy atom. The van der Waals surface area contributed by atoms with Crippen molar-refractivity contribution in [2.24, 2.45) is 0 Å². The molecule has 0 spiro atoms. The van der Waals surface area contributed by atoms with Crippen LogP contribution in [0.5, 0.6) is 5.75 Å². The Hall–Kier alpha value is -3.11. The number of carboxylic acid groups (broad SMARTS) is 1. The number of aryl methyl sites for hydroxylation is 2. The van der Waals surface area contributed by atoms with Crippen molar-refractivity contribution in [2.45, 2.75) is 32.4 Å². The summed E-state index contributed by atoms with van der Waals surface area (Å²) in [6.45, 7) is 3.05. The van der Waals surface area contributed by atoms with Crippen molar-refractivity contribution in [3.8, 4) is 5.75 Å². The number of para-hydroxylation sites is 1. The van der Waals surface area contributed by atoms with Gasteiger partial charge >= 0.3 is 18.5 Å². The fraction of sp³-hybridized carbons (Fsp3) is 0.312. The number of hydrogen-bond acceptors (Lipinski definition) is 4. The minimum atomic E-state index is -4.82. The van der Waals surface area contributed by atoms with Gasteiger partial charge in [-0.15, -0.1) is 0 Å². The third-order valence-electron chi connectivity index (χ3n) is 3.63. The Bertz CT molecular complexity index is 834. The van der Waals surface area contributed by atoms with Gasteiger partial charge in [0.25, 0.3) is 5.91 Å². The van der Waals surface area contributed by atoms with Crippen LogP contribution in [0.3, 0.4) is 0 Å². The Kier molecular flexibility index (Phi) is 5.72. The molecule has 1 aromatic carbocycles. The minimum Gasteiger partial charge on any atom is -0.479 e. The lowest BCUT2D eigenvalue weighted by atomic mass is 10.0. The van der Waals surface area contributed by atoms with E-state index in [-0.39, 0.29) is 5.56 Å². The van der Waals surface area contributed by atoms with Gasteiger partial charge in [0.05, 0.1) is 11.3 Å². The summed E-state index contributed by atoms with van der Waals surface area (Å²) in [7, 11) is 0. The lowest BCUT2D eigenvalue weighted by Crippen LogP contribution is -2.36. The summed E-state index contributed by atoms with van der Waals surface area (Å²) >= 11 is 0. The summed E-state index contributed by atoms with van der Waals surface area (Å²) in [6, 6.07) is 2.88. The van der Waals surface area contributed by atoms with Crippen molar-refractivity contribution in [3.63, 3.8) is 0 Å². The molecule has 0 fully saturated rings. The average molecular weight is 389 g/mol. The maximum absolute atomic E-state index is 13.2. The maximum Gasteiger partial charge on any atom is 0.461 e. The molecule has 0 aliphatic heterocycles. The smallest absolute Gasteiger partial charge is 0.461 e. The number of H-pyrrole nitrogens is 1. The largest absolute Gasteiger partial charge is 0.479 e. The van der Waals surface area contributed by atoms with Gasteiger partial charge in [0.2, 0.25) is 0 Å². The van der Waals surface area contributed by atoms with Gasteiger partial charge in [0.1, 0.15) is 5.75 Å². The number of carbonyl (C=O) groups excluding carboxylic acids is 1. The molecule has 0 unspecified atom stereocenters. The molecule has 1 heterocycles. The summed E-state index contributed by atoms with van der Waals surface area (Å²) in [6.07, 6.45) is -8.93. The minimum absolute atomic E-state index is 0.187. The summed E-state index contributed by atoms with van der Waals surface area (Å²) in [4.78, 5) is 24.0. The van der Waals surface area contributed by atoms with Crippen molar-refractivity contribution >= 4 is 11.9 Å².